The van der Waals surface area contributed by atoms with E-state index in [-0.39, 0.29) is 0 Å². The van der Waals surface area contributed by atoms with Gasteiger partial charge in [0.05, 0.1) is 5.60 Å². The highest BCUT2D eigenvalue weighted by molar-refractivity contribution is 6.35. The molecule has 4 nitrogen and oxygen atoms in total. The predicted octanol–water partition coefficient (Wildman–Crippen LogP) is 2.34. The van der Waals surface area contributed by atoms with Crippen molar-refractivity contribution in [1.29, 1.82) is 0 Å². The first-order valence-corrected chi connectivity index (χ1v) is 7.59. The monoisotopic (exact) mass is 331 g/mol. The van der Waals surface area contributed by atoms with Crippen LogP contribution in [0.4, 0.5) is 0 Å². The Morgan fingerprint density at radius 1 is 1.48 bits per heavy atom. The summed E-state index contributed by atoms with van der Waals surface area (Å²) in [6.07, 6.45) is -0.505. The second kappa shape index (κ2) is 6.13. The maximum absolute atomic E-state index is 11.7. The van der Waals surface area contributed by atoms with Crippen LogP contribution in [0.3, 0.4) is 0 Å². The molecule has 0 spiro atoms. The lowest BCUT2D eigenvalue weighted by Crippen LogP contribution is -2.48. The molecule has 1 aromatic rings. The molecule has 1 aliphatic rings. The highest BCUT2D eigenvalue weighted by Gasteiger charge is 2.40. The molecule has 3 N–H and O–H groups in total. The molecule has 6 heteroatoms. The Hall–Kier alpha value is -0.810. The van der Waals surface area contributed by atoms with Crippen molar-refractivity contribution in [2.24, 2.45) is 5.92 Å². The normalized spacial score (nSPS) is 22.8. The minimum Gasteiger partial charge on any atom is -0.387 e. The predicted molar refractivity (Wildman–Crippen MR) is 82.6 cm³/mol. The average molecular weight is 332 g/mol. The number of aliphatic hydroxyl groups is 2. The maximum Gasteiger partial charge on any atom is 0.251 e. The first-order chi connectivity index (χ1) is 9.70. The maximum atomic E-state index is 11.7. The Kier molecular flexibility index (Phi) is 4.83. The fourth-order valence-corrected chi connectivity index (χ4v) is 2.85. The molecule has 1 amide bonds. The van der Waals surface area contributed by atoms with Crippen LogP contribution < -0.4 is 5.32 Å². The topological polar surface area (TPSA) is 69.6 Å². The van der Waals surface area contributed by atoms with Crippen molar-refractivity contribution in [2.45, 2.75) is 37.9 Å². The smallest absolute Gasteiger partial charge is 0.251 e. The van der Waals surface area contributed by atoms with Crippen LogP contribution in [-0.2, 0) is 4.79 Å². The molecule has 2 rings (SSSR count). The van der Waals surface area contributed by atoms with E-state index in [1.54, 1.807) is 12.1 Å². The van der Waals surface area contributed by atoms with Gasteiger partial charge in [-0.05, 0) is 49.8 Å². The van der Waals surface area contributed by atoms with Crippen molar-refractivity contribution in [1.82, 2.24) is 5.32 Å². The molecule has 0 radical (unpaired) electrons. The molecule has 1 aromatic carbocycles. The third kappa shape index (κ3) is 4.10. The van der Waals surface area contributed by atoms with Crippen molar-refractivity contribution < 1.29 is 15.0 Å². The fourth-order valence-electron chi connectivity index (χ4n) is 2.31. The van der Waals surface area contributed by atoms with Gasteiger partial charge in [-0.3, -0.25) is 4.79 Å². The van der Waals surface area contributed by atoms with Gasteiger partial charge in [0.25, 0.3) is 5.91 Å². The van der Waals surface area contributed by atoms with E-state index in [1.807, 2.05) is 6.07 Å². The van der Waals surface area contributed by atoms with Crippen LogP contribution in [-0.4, -0.2) is 34.4 Å². The molecule has 21 heavy (non-hydrogen) atoms. The van der Waals surface area contributed by atoms with E-state index in [1.165, 1.54) is 13.8 Å². The number of halogens is 2. The van der Waals surface area contributed by atoms with Crippen LogP contribution in [0.2, 0.25) is 10.0 Å². The van der Waals surface area contributed by atoms with Crippen molar-refractivity contribution in [3.63, 3.8) is 0 Å². The van der Waals surface area contributed by atoms with Gasteiger partial charge in [-0.1, -0.05) is 29.3 Å². The number of rotatable bonds is 5. The van der Waals surface area contributed by atoms with E-state index in [0.717, 1.165) is 12.0 Å². The largest absolute Gasteiger partial charge is 0.387 e. The Balaban J connectivity index is 1.86. The summed E-state index contributed by atoms with van der Waals surface area (Å²) in [5.74, 6) is 0.0336. The van der Waals surface area contributed by atoms with Crippen LogP contribution in [0.25, 0.3) is 0 Å². The minimum absolute atomic E-state index is 0.293. The van der Waals surface area contributed by atoms with Crippen molar-refractivity contribution in [3.8, 4) is 0 Å². The van der Waals surface area contributed by atoms with Gasteiger partial charge in [-0.2, -0.15) is 0 Å². The molecule has 1 fully saturated rings. The summed E-state index contributed by atoms with van der Waals surface area (Å²) in [4.78, 5) is 11.7. The first kappa shape index (κ1) is 16.6. The first-order valence-electron chi connectivity index (χ1n) is 6.83. The van der Waals surface area contributed by atoms with Crippen LogP contribution in [0, 0.1) is 5.92 Å². The van der Waals surface area contributed by atoms with Gasteiger partial charge in [-0.15, -0.1) is 0 Å². The third-order valence-corrected chi connectivity index (χ3v) is 4.30. The summed E-state index contributed by atoms with van der Waals surface area (Å²) < 4.78 is 0. The summed E-state index contributed by atoms with van der Waals surface area (Å²) in [6.45, 7) is 3.24. The molecule has 1 unspecified atom stereocenters. The van der Waals surface area contributed by atoms with Crippen molar-refractivity contribution in [3.05, 3.63) is 33.8 Å². The van der Waals surface area contributed by atoms with Crippen molar-refractivity contribution in [2.75, 3.05) is 6.54 Å². The molecule has 0 aliphatic heterocycles. The molecular weight excluding hydrogens is 313 g/mol. The number of carbonyl (C=O) groups is 1. The summed E-state index contributed by atoms with van der Waals surface area (Å²) >= 11 is 12.0. The van der Waals surface area contributed by atoms with Gasteiger partial charge >= 0.3 is 0 Å². The molecule has 0 saturated heterocycles. The standard InChI is InChI=1S/C15H19Cl2NO3/c1-15(2,21)13(19)14(20)18-7-8-5-11(8)10-4-3-9(16)6-12(10)17/h3-4,6,8,11,13,19,21H,5,7H2,1-2H3,(H,18,20)/t8-,11+,13?/m0/s1. The number of nitrogens with one attached hydrogen (secondary N) is 1. The van der Waals surface area contributed by atoms with Crippen LogP contribution in [0.15, 0.2) is 18.2 Å². The Labute approximate surface area is 134 Å². The van der Waals surface area contributed by atoms with Crippen LogP contribution >= 0.6 is 23.2 Å². The summed E-state index contributed by atoms with van der Waals surface area (Å²) in [7, 11) is 0. The van der Waals surface area contributed by atoms with E-state index in [2.05, 4.69) is 5.32 Å². The number of hydrogen-bond donors (Lipinski definition) is 3. The zero-order valence-corrected chi connectivity index (χ0v) is 13.4. The Morgan fingerprint density at radius 2 is 2.14 bits per heavy atom. The highest BCUT2D eigenvalue weighted by atomic mass is 35.5. The molecule has 0 aromatic heterocycles. The number of carbonyl (C=O) groups excluding carboxylic acids is 1. The zero-order valence-electron chi connectivity index (χ0n) is 11.9. The zero-order chi connectivity index (χ0) is 15.8. The summed E-state index contributed by atoms with van der Waals surface area (Å²) in [5.41, 5.74) is -0.421. The highest BCUT2D eigenvalue weighted by Crippen LogP contribution is 2.49. The molecule has 1 saturated carbocycles. The molecule has 116 valence electrons. The van der Waals surface area contributed by atoms with Gasteiger partial charge in [0.2, 0.25) is 0 Å². The number of hydrogen-bond acceptors (Lipinski definition) is 3. The van der Waals surface area contributed by atoms with Gasteiger partial charge in [0, 0.05) is 16.6 Å². The van der Waals surface area contributed by atoms with Gasteiger partial charge < -0.3 is 15.5 Å². The van der Waals surface area contributed by atoms with Crippen molar-refractivity contribution >= 4 is 29.1 Å². The molecule has 0 bridgehead atoms. The minimum atomic E-state index is -1.45. The van der Waals surface area contributed by atoms with E-state index < -0.39 is 17.6 Å². The quantitative estimate of drug-likeness (QED) is 0.775. The summed E-state index contributed by atoms with van der Waals surface area (Å²) in [6, 6.07) is 5.42. The van der Waals surface area contributed by atoms with Gasteiger partial charge in [-0.25, -0.2) is 0 Å². The molecular formula is C15H19Cl2NO3. The molecule has 0 heterocycles. The SMILES string of the molecule is CC(C)(O)C(O)C(=O)NC[C@@H]1C[C@H]1c1ccc(Cl)cc1Cl. The lowest BCUT2D eigenvalue weighted by atomic mass is 10.0. The second-order valence-electron chi connectivity index (χ2n) is 6.07. The molecule has 1 aliphatic carbocycles. The van der Waals surface area contributed by atoms with E-state index in [9.17, 15) is 15.0 Å². The van der Waals surface area contributed by atoms with Crippen LogP contribution in [0.1, 0.15) is 31.7 Å². The van der Waals surface area contributed by atoms with E-state index >= 15 is 0 Å². The fraction of sp³-hybridized carbons (Fsp3) is 0.533. The van der Waals surface area contributed by atoms with E-state index in [0.29, 0.717) is 28.4 Å². The Bertz CT molecular complexity index is 542. The lowest BCUT2D eigenvalue weighted by Gasteiger charge is -2.23. The molecule has 3 atom stereocenters. The van der Waals surface area contributed by atoms with E-state index in [4.69, 9.17) is 23.2 Å². The average Bonchev–Trinajstić information content (AvgIpc) is 3.13. The van der Waals surface area contributed by atoms with Crippen LogP contribution in [0.5, 0.6) is 0 Å². The summed E-state index contributed by atoms with van der Waals surface area (Å²) in [5, 5.41) is 23.1. The lowest BCUT2D eigenvalue weighted by molar-refractivity contribution is -0.141. The number of benzene rings is 1. The number of amides is 1. The van der Waals surface area contributed by atoms with Gasteiger partial charge in [0.1, 0.15) is 0 Å². The van der Waals surface area contributed by atoms with Gasteiger partial charge in [0.15, 0.2) is 6.10 Å². The number of aliphatic hydroxyl groups excluding tert-OH is 1. The second-order valence-corrected chi connectivity index (χ2v) is 6.91. The third-order valence-electron chi connectivity index (χ3n) is 3.74. The Morgan fingerprint density at radius 3 is 2.71 bits per heavy atom.